The van der Waals surface area contributed by atoms with Gasteiger partial charge in [-0.25, -0.2) is 9.78 Å². The van der Waals surface area contributed by atoms with E-state index in [1.807, 2.05) is 25.1 Å². The van der Waals surface area contributed by atoms with Crippen LogP contribution >= 0.6 is 0 Å². The highest BCUT2D eigenvalue weighted by Gasteiger charge is 2.29. The number of esters is 1. The molecular weight excluding hydrogens is 450 g/mol. The molecule has 1 fully saturated rings. The van der Waals surface area contributed by atoms with Crippen LogP contribution in [-0.2, 0) is 9.53 Å². The van der Waals surface area contributed by atoms with Crippen molar-refractivity contribution in [3.8, 4) is 22.7 Å². The summed E-state index contributed by atoms with van der Waals surface area (Å²) in [6, 6.07) is 8.30. The van der Waals surface area contributed by atoms with Gasteiger partial charge in [0.2, 0.25) is 11.7 Å². The second-order valence-corrected chi connectivity index (χ2v) is 9.10. The van der Waals surface area contributed by atoms with Gasteiger partial charge < -0.3 is 19.8 Å². The fourth-order valence-corrected chi connectivity index (χ4v) is 3.75. The van der Waals surface area contributed by atoms with Crippen molar-refractivity contribution >= 4 is 17.8 Å². The zero-order chi connectivity index (χ0) is 25.1. The number of benzene rings is 1. The third-order valence-corrected chi connectivity index (χ3v) is 6.05. The summed E-state index contributed by atoms with van der Waals surface area (Å²) in [5.41, 5.74) is 2.37. The Kier molecular flexibility index (Phi) is 6.99. The summed E-state index contributed by atoms with van der Waals surface area (Å²) in [6.07, 6.45) is 3.61. The zero-order valence-corrected chi connectivity index (χ0v) is 20.1. The molecule has 1 aliphatic rings. The highest BCUT2D eigenvalue weighted by Crippen LogP contribution is 2.32. The maximum atomic E-state index is 12.6. The molecule has 10 nitrogen and oxygen atoms in total. The van der Waals surface area contributed by atoms with Crippen molar-refractivity contribution in [1.29, 1.82) is 0 Å². The van der Waals surface area contributed by atoms with E-state index >= 15 is 0 Å². The van der Waals surface area contributed by atoms with Gasteiger partial charge in [0, 0.05) is 17.2 Å². The molecule has 0 spiro atoms. The van der Waals surface area contributed by atoms with Crippen LogP contribution in [0.1, 0.15) is 54.7 Å². The van der Waals surface area contributed by atoms with E-state index in [0.29, 0.717) is 22.9 Å². The van der Waals surface area contributed by atoms with Crippen LogP contribution in [-0.4, -0.2) is 52.2 Å². The second-order valence-electron chi connectivity index (χ2n) is 9.10. The van der Waals surface area contributed by atoms with Crippen molar-refractivity contribution in [3.05, 3.63) is 48.0 Å². The normalized spacial score (nSPS) is 14.9. The van der Waals surface area contributed by atoms with Gasteiger partial charge in [-0.15, -0.1) is 0 Å². The lowest BCUT2D eigenvalue weighted by Crippen LogP contribution is -2.44. The predicted molar refractivity (Wildman–Crippen MR) is 127 cm³/mol. The molecule has 0 radical (unpaired) electrons. The van der Waals surface area contributed by atoms with Crippen molar-refractivity contribution < 1.29 is 23.5 Å². The number of H-pyrrole nitrogens is 1. The van der Waals surface area contributed by atoms with Crippen LogP contribution in [0.4, 0.5) is 0 Å². The molecule has 1 saturated carbocycles. The minimum absolute atomic E-state index is 0.0246. The van der Waals surface area contributed by atoms with Crippen LogP contribution in [0.5, 0.6) is 0 Å². The Morgan fingerprint density at radius 1 is 1.09 bits per heavy atom. The van der Waals surface area contributed by atoms with Gasteiger partial charge in [-0.3, -0.25) is 14.7 Å². The number of carbonyl (C=O) groups excluding carboxylic acids is 3. The highest BCUT2D eigenvalue weighted by molar-refractivity contribution is 5.95. The Labute approximate surface area is 202 Å². The first-order valence-electron chi connectivity index (χ1n) is 11.6. The number of rotatable bonds is 9. The maximum Gasteiger partial charge on any atom is 0.328 e. The Morgan fingerprint density at radius 2 is 1.83 bits per heavy atom. The molecule has 10 heteroatoms. The molecule has 2 amide bonds. The largest absolute Gasteiger partial charge is 0.467 e. The van der Waals surface area contributed by atoms with Crippen LogP contribution in [0.3, 0.4) is 0 Å². The van der Waals surface area contributed by atoms with Gasteiger partial charge in [-0.1, -0.05) is 26.0 Å². The van der Waals surface area contributed by atoms with Crippen LogP contribution in [0.15, 0.2) is 40.9 Å². The van der Waals surface area contributed by atoms with Crippen molar-refractivity contribution in [2.24, 2.45) is 11.8 Å². The molecule has 2 atom stereocenters. The quantitative estimate of drug-likeness (QED) is 0.401. The molecule has 0 saturated heterocycles. The molecule has 2 aromatic heterocycles. The number of hydrogen-bond donors (Lipinski definition) is 3. The topological polar surface area (TPSA) is 139 Å². The Hall–Kier alpha value is -3.95. The van der Waals surface area contributed by atoms with E-state index in [1.54, 1.807) is 26.0 Å². The summed E-state index contributed by atoms with van der Waals surface area (Å²) in [5.74, 6) is -0.673. The van der Waals surface area contributed by atoms with Gasteiger partial charge in [0.15, 0.2) is 0 Å². The number of aromatic nitrogens is 3. The summed E-state index contributed by atoms with van der Waals surface area (Å²) in [5, 5.41) is 12.7. The van der Waals surface area contributed by atoms with Crippen molar-refractivity contribution in [1.82, 2.24) is 25.8 Å². The molecule has 0 aliphatic heterocycles. The number of nitrogens with zero attached hydrogens (tertiary/aromatic N) is 2. The Morgan fingerprint density at radius 3 is 2.51 bits per heavy atom. The number of methoxy groups -OCH3 is 1. The number of nitrogens with one attached hydrogen (secondary N) is 3. The number of amides is 2. The van der Waals surface area contributed by atoms with E-state index in [0.717, 1.165) is 18.4 Å². The molecule has 184 valence electrons. The highest BCUT2D eigenvalue weighted by atomic mass is 16.5. The van der Waals surface area contributed by atoms with Crippen molar-refractivity contribution in [2.75, 3.05) is 7.11 Å². The first kappa shape index (κ1) is 24.2. The summed E-state index contributed by atoms with van der Waals surface area (Å²) < 4.78 is 10.4. The van der Waals surface area contributed by atoms with Crippen molar-refractivity contribution in [3.63, 3.8) is 0 Å². The number of carbonyl (C=O) groups is 3. The van der Waals surface area contributed by atoms with E-state index in [9.17, 15) is 14.4 Å². The van der Waals surface area contributed by atoms with E-state index < -0.39 is 17.9 Å². The van der Waals surface area contributed by atoms with Gasteiger partial charge >= 0.3 is 5.97 Å². The van der Waals surface area contributed by atoms with E-state index in [1.165, 1.54) is 13.3 Å². The van der Waals surface area contributed by atoms with Gasteiger partial charge in [-0.2, -0.15) is 5.10 Å². The van der Waals surface area contributed by atoms with Crippen molar-refractivity contribution in [2.45, 2.75) is 45.7 Å². The summed E-state index contributed by atoms with van der Waals surface area (Å²) in [7, 11) is 1.27. The molecule has 4 rings (SSSR count). The number of aromatic amines is 1. The van der Waals surface area contributed by atoms with Crippen LogP contribution in [0.2, 0.25) is 0 Å². The van der Waals surface area contributed by atoms with Gasteiger partial charge in [0.1, 0.15) is 11.7 Å². The summed E-state index contributed by atoms with van der Waals surface area (Å²) >= 11 is 0. The Balaban J connectivity index is 1.47. The summed E-state index contributed by atoms with van der Waals surface area (Å²) in [4.78, 5) is 41.2. The molecule has 2 unspecified atom stereocenters. The van der Waals surface area contributed by atoms with Crippen LogP contribution < -0.4 is 10.6 Å². The van der Waals surface area contributed by atoms with Gasteiger partial charge in [0.25, 0.3) is 11.8 Å². The van der Waals surface area contributed by atoms with Crippen LogP contribution in [0, 0.1) is 11.8 Å². The van der Waals surface area contributed by atoms with Crippen LogP contribution in [0.25, 0.3) is 22.7 Å². The maximum absolute atomic E-state index is 12.6. The minimum Gasteiger partial charge on any atom is -0.467 e. The fraction of sp³-hybridized carbons (Fsp3) is 0.400. The fourth-order valence-electron chi connectivity index (χ4n) is 3.75. The number of hydrogen-bond acceptors (Lipinski definition) is 7. The predicted octanol–water partition coefficient (Wildman–Crippen LogP) is 3.19. The van der Waals surface area contributed by atoms with E-state index in [2.05, 4.69) is 25.8 Å². The van der Waals surface area contributed by atoms with Gasteiger partial charge in [0.05, 0.1) is 19.0 Å². The third-order valence-electron chi connectivity index (χ3n) is 6.05. The summed E-state index contributed by atoms with van der Waals surface area (Å²) in [6.45, 7) is 5.62. The zero-order valence-electron chi connectivity index (χ0n) is 20.1. The van der Waals surface area contributed by atoms with Gasteiger partial charge in [-0.05, 0) is 49.8 Å². The monoisotopic (exact) mass is 479 g/mol. The standard InChI is InChI=1S/C25H29N5O5/c1-13(2)21(25(33)34-4)28-23(32)20-12-26-24(35-20)17-7-5-6-16(10-17)18-11-19(30-29-18)22(31)27-14(3)15-8-9-15/h5-7,10-15,21H,8-9H2,1-4H3,(H,27,31)(H,28,32)(H,29,30). The molecule has 2 heterocycles. The SMILES string of the molecule is COC(=O)C(NC(=O)c1cnc(-c2cccc(-c3cc(C(=O)NC(C)C4CC4)[nH]n3)c2)o1)C(C)C. The molecule has 35 heavy (non-hydrogen) atoms. The molecule has 0 bridgehead atoms. The second kappa shape index (κ2) is 10.1. The first-order chi connectivity index (χ1) is 16.8. The van der Waals surface area contributed by atoms with E-state index in [-0.39, 0.29) is 29.5 Å². The molecular formula is C25H29N5O5. The molecule has 1 aromatic carbocycles. The first-order valence-corrected chi connectivity index (χ1v) is 11.6. The Bertz CT molecular complexity index is 1230. The molecule has 1 aliphatic carbocycles. The number of oxazole rings is 1. The minimum atomic E-state index is -0.803. The van der Waals surface area contributed by atoms with E-state index in [4.69, 9.17) is 9.15 Å². The molecule has 3 N–H and O–H groups in total. The lowest BCUT2D eigenvalue weighted by Gasteiger charge is -2.18. The lowest BCUT2D eigenvalue weighted by atomic mass is 10.0. The third kappa shape index (κ3) is 5.59. The lowest BCUT2D eigenvalue weighted by molar-refractivity contribution is -0.144. The average molecular weight is 480 g/mol. The average Bonchev–Trinajstić information content (AvgIpc) is 3.37. The molecule has 3 aromatic rings. The number of ether oxygens (including phenoxy) is 1. The smallest absolute Gasteiger partial charge is 0.328 e.